The second-order valence-electron chi connectivity index (χ2n) is 5.97. The number of hydrogen-bond donors (Lipinski definition) is 2. The molecular weight excluding hydrogens is 284 g/mol. The Labute approximate surface area is 138 Å². The van der Waals surface area contributed by atoms with Gasteiger partial charge < -0.3 is 10.6 Å². The second kappa shape index (κ2) is 12.5. The van der Waals surface area contributed by atoms with Crippen LogP contribution in [0.2, 0.25) is 0 Å². The Kier molecular flexibility index (Phi) is 15.5. The summed E-state index contributed by atoms with van der Waals surface area (Å²) in [4.78, 5) is 1.81. The van der Waals surface area contributed by atoms with Crippen molar-refractivity contribution in [2.75, 3.05) is 0 Å². The molecule has 20 heavy (non-hydrogen) atoms. The van der Waals surface area contributed by atoms with Crippen LogP contribution < -0.4 is 10.6 Å². The van der Waals surface area contributed by atoms with Gasteiger partial charge in [-0.2, -0.15) is 0 Å². The molecule has 0 amide bonds. The zero-order valence-electron chi connectivity index (χ0n) is 12.4. The highest BCUT2D eigenvalue weighted by Gasteiger charge is 2.11. The van der Waals surface area contributed by atoms with Crippen LogP contribution in [0, 0.1) is 0 Å². The first-order valence-corrected chi connectivity index (χ1v) is 7.58. The Hall–Kier alpha value is -0.220. The maximum absolute atomic E-state index is 4.97. The minimum atomic E-state index is 0. The zero-order valence-corrected chi connectivity index (χ0v) is 14.1. The monoisotopic (exact) mass is 320 g/mol. The van der Waals surface area contributed by atoms with Crippen LogP contribution >= 0.6 is 24.4 Å². The molecule has 0 aromatic heterocycles. The number of nitrogens with one attached hydrogen (secondary N) is 2. The molecule has 2 nitrogen and oxygen atoms in total. The minimum Gasteiger partial charge on any atom is -0.377 e. The largest absolute Gasteiger partial charge is 0.377 e. The van der Waals surface area contributed by atoms with Crippen LogP contribution in [-0.2, 0) is 0 Å². The average Bonchev–Trinajstić information content (AvgIpc) is 2.14. The number of hydrogen-bond acceptors (Lipinski definition) is 2. The molecule has 2 N–H and O–H groups in total. The first kappa shape index (κ1) is 24.8. The summed E-state index contributed by atoms with van der Waals surface area (Å²) in [5.74, 6) is 0. The van der Waals surface area contributed by atoms with E-state index < -0.39 is 0 Å². The van der Waals surface area contributed by atoms with Gasteiger partial charge in [-0.05, 0) is 47.5 Å². The Morgan fingerprint density at radius 1 is 0.900 bits per heavy atom. The summed E-state index contributed by atoms with van der Waals surface area (Å²) in [6.45, 7) is 10.1. The van der Waals surface area contributed by atoms with E-state index in [0.29, 0.717) is 6.04 Å². The molecule has 0 heterocycles. The van der Waals surface area contributed by atoms with Gasteiger partial charge in [0.15, 0.2) is 0 Å². The Morgan fingerprint density at radius 3 is 1.60 bits per heavy atom. The van der Waals surface area contributed by atoms with Crippen molar-refractivity contribution < 1.29 is 0 Å². The first-order valence-electron chi connectivity index (χ1n) is 6.76. The topological polar surface area (TPSA) is 24.1 Å². The van der Waals surface area contributed by atoms with Crippen molar-refractivity contribution in [1.82, 2.24) is 10.6 Å². The fourth-order valence-corrected chi connectivity index (χ4v) is 2.54. The summed E-state index contributed by atoms with van der Waals surface area (Å²) in [7, 11) is 0. The lowest BCUT2D eigenvalue weighted by Gasteiger charge is -2.22. The smallest absolute Gasteiger partial charge is 0.0725 e. The summed E-state index contributed by atoms with van der Waals surface area (Å²) < 4.78 is 0. The van der Waals surface area contributed by atoms with Gasteiger partial charge >= 0.3 is 0 Å². The summed E-state index contributed by atoms with van der Waals surface area (Å²) >= 11 is 9.80. The van der Waals surface area contributed by atoms with Crippen molar-refractivity contribution in [2.24, 2.45) is 0 Å². The summed E-state index contributed by atoms with van der Waals surface area (Å²) in [5.41, 5.74) is 0.131. The SMILES string of the molecule is C.C.CC(=S)NC(C)(C)C.CC(=S)NC1CCCCC1. The van der Waals surface area contributed by atoms with Crippen molar-refractivity contribution in [3.05, 3.63) is 0 Å². The predicted octanol–water partition coefficient (Wildman–Crippen LogP) is 5.25. The molecule has 0 radical (unpaired) electrons. The van der Waals surface area contributed by atoms with E-state index in [2.05, 4.69) is 31.4 Å². The van der Waals surface area contributed by atoms with E-state index >= 15 is 0 Å². The van der Waals surface area contributed by atoms with Crippen LogP contribution in [0.1, 0.15) is 81.6 Å². The molecule has 0 saturated heterocycles. The highest BCUT2D eigenvalue weighted by Crippen LogP contribution is 2.17. The Morgan fingerprint density at radius 2 is 1.35 bits per heavy atom. The van der Waals surface area contributed by atoms with E-state index in [9.17, 15) is 0 Å². The Balaban J connectivity index is -0.000000269. The van der Waals surface area contributed by atoms with E-state index in [1.165, 1.54) is 32.1 Å². The Bertz CT molecular complexity index is 264. The molecule has 0 spiro atoms. The normalized spacial score (nSPS) is 14.7. The van der Waals surface area contributed by atoms with Crippen LogP contribution in [0.15, 0.2) is 0 Å². The standard InChI is InChI=1S/C8H15NS.C6H13NS.2CH4/c1-7(10)9-8-5-3-2-4-6-8;1-5(8)7-6(2,3)4;;/h8H,2-6H2,1H3,(H,9,10);1-4H3,(H,7,8);2*1H4. The van der Waals surface area contributed by atoms with Gasteiger partial charge in [0, 0.05) is 11.6 Å². The molecule has 0 aromatic carbocycles. The molecule has 1 aliphatic carbocycles. The predicted molar refractivity (Wildman–Crippen MR) is 103 cm³/mol. The molecule has 0 bridgehead atoms. The van der Waals surface area contributed by atoms with Gasteiger partial charge in [-0.3, -0.25) is 0 Å². The van der Waals surface area contributed by atoms with Gasteiger partial charge in [0.2, 0.25) is 0 Å². The van der Waals surface area contributed by atoms with E-state index in [0.717, 1.165) is 9.98 Å². The van der Waals surface area contributed by atoms with Crippen molar-refractivity contribution in [2.45, 2.75) is 93.2 Å². The lowest BCUT2D eigenvalue weighted by molar-refractivity contribution is 0.414. The molecule has 1 fully saturated rings. The highest BCUT2D eigenvalue weighted by molar-refractivity contribution is 7.80. The van der Waals surface area contributed by atoms with Crippen LogP contribution in [0.25, 0.3) is 0 Å². The van der Waals surface area contributed by atoms with Gasteiger partial charge in [-0.15, -0.1) is 0 Å². The fraction of sp³-hybridized carbons (Fsp3) is 0.875. The summed E-state index contributed by atoms with van der Waals surface area (Å²) in [6.07, 6.45) is 6.79. The molecule has 0 aromatic rings. The zero-order chi connectivity index (χ0) is 14.2. The van der Waals surface area contributed by atoms with Crippen LogP contribution in [0.3, 0.4) is 0 Å². The van der Waals surface area contributed by atoms with E-state index in [-0.39, 0.29) is 20.4 Å². The van der Waals surface area contributed by atoms with Gasteiger partial charge in [0.05, 0.1) is 9.98 Å². The molecule has 0 unspecified atom stereocenters. The van der Waals surface area contributed by atoms with Crippen LogP contribution in [0.5, 0.6) is 0 Å². The number of rotatable bonds is 1. The van der Waals surface area contributed by atoms with Crippen molar-refractivity contribution in [3.8, 4) is 0 Å². The second-order valence-corrected chi connectivity index (χ2v) is 7.19. The van der Waals surface area contributed by atoms with Crippen LogP contribution in [0.4, 0.5) is 0 Å². The van der Waals surface area contributed by atoms with Crippen molar-refractivity contribution >= 4 is 34.4 Å². The highest BCUT2D eigenvalue weighted by atomic mass is 32.1. The number of thiocarbonyl (C=S) groups is 2. The third-order valence-electron chi connectivity index (χ3n) is 2.56. The maximum atomic E-state index is 4.97. The summed E-state index contributed by atoms with van der Waals surface area (Å²) in [6, 6.07) is 0.686. The quantitative estimate of drug-likeness (QED) is 0.644. The van der Waals surface area contributed by atoms with Gasteiger partial charge in [0.25, 0.3) is 0 Å². The van der Waals surface area contributed by atoms with Crippen molar-refractivity contribution in [1.29, 1.82) is 0 Å². The van der Waals surface area contributed by atoms with Gasteiger partial charge in [0.1, 0.15) is 0 Å². The summed E-state index contributed by atoms with van der Waals surface area (Å²) in [5, 5.41) is 6.43. The average molecular weight is 321 g/mol. The van der Waals surface area contributed by atoms with Gasteiger partial charge in [-0.25, -0.2) is 0 Å². The maximum Gasteiger partial charge on any atom is 0.0725 e. The van der Waals surface area contributed by atoms with E-state index in [1.54, 1.807) is 0 Å². The van der Waals surface area contributed by atoms with Gasteiger partial charge in [-0.1, -0.05) is 58.6 Å². The minimum absolute atomic E-state index is 0. The molecule has 0 aliphatic heterocycles. The lowest BCUT2D eigenvalue weighted by Crippen LogP contribution is -2.38. The fourth-order valence-electron chi connectivity index (χ4n) is 2.06. The molecule has 1 rings (SSSR count). The molecule has 1 aliphatic rings. The molecular formula is C16H36N2S2. The third kappa shape index (κ3) is 17.8. The third-order valence-corrected chi connectivity index (χ3v) is 2.78. The first-order chi connectivity index (χ1) is 8.20. The molecule has 1 saturated carbocycles. The van der Waals surface area contributed by atoms with E-state index in [1.807, 2.05) is 13.8 Å². The van der Waals surface area contributed by atoms with E-state index in [4.69, 9.17) is 24.4 Å². The van der Waals surface area contributed by atoms with Crippen LogP contribution in [-0.4, -0.2) is 21.6 Å². The molecule has 0 atom stereocenters. The lowest BCUT2D eigenvalue weighted by atomic mass is 9.96. The van der Waals surface area contributed by atoms with Crippen molar-refractivity contribution in [3.63, 3.8) is 0 Å². The molecule has 122 valence electrons. The molecule has 4 heteroatoms.